The van der Waals surface area contributed by atoms with Crippen LogP contribution in [0.1, 0.15) is 40.0 Å². The normalized spacial score (nSPS) is 37.4. The quantitative estimate of drug-likeness (QED) is 0.702. The minimum absolute atomic E-state index is 0.213. The van der Waals surface area contributed by atoms with E-state index in [1.165, 1.54) is 19.3 Å². The summed E-state index contributed by atoms with van der Waals surface area (Å²) in [6, 6.07) is 0.640. The summed E-state index contributed by atoms with van der Waals surface area (Å²) in [6.45, 7) is 7.25. The standard InChI is InChI=1S/C11H23NO/c1-8-4-5-11(6-9(8)2)12-7-10(3)13/h8-13H,4-7H2,1-3H3/t8-,9-,10+,11-/m0/s1. The highest BCUT2D eigenvalue weighted by Gasteiger charge is 2.23. The van der Waals surface area contributed by atoms with Crippen LogP contribution in [0.25, 0.3) is 0 Å². The van der Waals surface area contributed by atoms with Crippen molar-refractivity contribution in [2.75, 3.05) is 6.54 Å². The van der Waals surface area contributed by atoms with Crippen molar-refractivity contribution >= 4 is 0 Å². The molecular formula is C11H23NO. The van der Waals surface area contributed by atoms with Gasteiger partial charge in [-0.15, -0.1) is 0 Å². The van der Waals surface area contributed by atoms with Gasteiger partial charge in [0.25, 0.3) is 0 Å². The molecule has 2 heteroatoms. The van der Waals surface area contributed by atoms with Crippen LogP contribution in [0.2, 0.25) is 0 Å². The molecule has 0 aromatic rings. The van der Waals surface area contributed by atoms with Gasteiger partial charge in [-0.2, -0.15) is 0 Å². The van der Waals surface area contributed by atoms with Gasteiger partial charge in [0, 0.05) is 12.6 Å². The monoisotopic (exact) mass is 185 g/mol. The molecule has 0 heterocycles. The Morgan fingerprint density at radius 3 is 2.54 bits per heavy atom. The Labute approximate surface area is 81.7 Å². The van der Waals surface area contributed by atoms with Crippen LogP contribution in [0.3, 0.4) is 0 Å². The maximum atomic E-state index is 9.14. The van der Waals surface area contributed by atoms with Crippen molar-refractivity contribution in [3.63, 3.8) is 0 Å². The van der Waals surface area contributed by atoms with E-state index in [0.29, 0.717) is 6.04 Å². The summed E-state index contributed by atoms with van der Waals surface area (Å²) >= 11 is 0. The lowest BCUT2D eigenvalue weighted by molar-refractivity contribution is 0.167. The molecule has 4 atom stereocenters. The van der Waals surface area contributed by atoms with Gasteiger partial charge in [0.2, 0.25) is 0 Å². The molecule has 0 spiro atoms. The summed E-state index contributed by atoms with van der Waals surface area (Å²) in [5.74, 6) is 1.71. The Kier molecular flexibility index (Phi) is 4.20. The van der Waals surface area contributed by atoms with E-state index in [4.69, 9.17) is 5.11 Å². The number of nitrogens with one attached hydrogen (secondary N) is 1. The van der Waals surface area contributed by atoms with Crippen LogP contribution in [0.4, 0.5) is 0 Å². The first kappa shape index (κ1) is 11.0. The van der Waals surface area contributed by atoms with Crippen LogP contribution in [-0.4, -0.2) is 23.8 Å². The van der Waals surface area contributed by atoms with E-state index < -0.39 is 0 Å². The zero-order chi connectivity index (χ0) is 9.84. The van der Waals surface area contributed by atoms with Gasteiger partial charge in [-0.05, 0) is 38.0 Å². The second-order valence-corrected chi connectivity index (χ2v) is 4.72. The molecule has 1 aliphatic rings. The first-order valence-corrected chi connectivity index (χ1v) is 5.51. The number of rotatable bonds is 3. The van der Waals surface area contributed by atoms with Crippen molar-refractivity contribution in [3.8, 4) is 0 Å². The Hall–Kier alpha value is -0.0800. The highest BCUT2D eigenvalue weighted by molar-refractivity contribution is 4.79. The van der Waals surface area contributed by atoms with E-state index in [1.54, 1.807) is 0 Å². The van der Waals surface area contributed by atoms with Gasteiger partial charge in [-0.25, -0.2) is 0 Å². The Balaban J connectivity index is 2.21. The van der Waals surface area contributed by atoms with Crippen LogP contribution >= 0.6 is 0 Å². The maximum absolute atomic E-state index is 9.14. The highest BCUT2D eigenvalue weighted by atomic mass is 16.3. The molecule has 0 unspecified atom stereocenters. The number of aliphatic hydroxyl groups excluding tert-OH is 1. The smallest absolute Gasteiger partial charge is 0.0636 e. The van der Waals surface area contributed by atoms with Crippen molar-refractivity contribution in [3.05, 3.63) is 0 Å². The van der Waals surface area contributed by atoms with Gasteiger partial charge in [-0.1, -0.05) is 13.8 Å². The molecule has 1 aliphatic carbocycles. The molecule has 2 N–H and O–H groups in total. The predicted molar refractivity (Wildman–Crippen MR) is 55.7 cm³/mol. The van der Waals surface area contributed by atoms with Crippen molar-refractivity contribution in [1.82, 2.24) is 5.32 Å². The fourth-order valence-electron chi connectivity index (χ4n) is 2.07. The number of hydrogen-bond acceptors (Lipinski definition) is 2. The second-order valence-electron chi connectivity index (χ2n) is 4.72. The van der Waals surface area contributed by atoms with Crippen LogP contribution < -0.4 is 5.32 Å². The van der Waals surface area contributed by atoms with Crippen LogP contribution in [0.15, 0.2) is 0 Å². The summed E-state index contributed by atoms with van der Waals surface area (Å²) in [5.41, 5.74) is 0. The molecule has 0 bridgehead atoms. The SMILES string of the molecule is C[C@@H](O)CN[C@H]1CC[C@H](C)[C@@H](C)C1. The van der Waals surface area contributed by atoms with Gasteiger partial charge in [0.05, 0.1) is 6.10 Å². The van der Waals surface area contributed by atoms with Crippen molar-refractivity contribution < 1.29 is 5.11 Å². The Morgan fingerprint density at radius 2 is 2.00 bits per heavy atom. The summed E-state index contributed by atoms with van der Waals surface area (Å²) in [4.78, 5) is 0. The average Bonchev–Trinajstić information content (AvgIpc) is 2.07. The van der Waals surface area contributed by atoms with Gasteiger partial charge >= 0.3 is 0 Å². The van der Waals surface area contributed by atoms with E-state index in [0.717, 1.165) is 18.4 Å². The molecule has 2 nitrogen and oxygen atoms in total. The van der Waals surface area contributed by atoms with Crippen molar-refractivity contribution in [1.29, 1.82) is 0 Å². The Bertz CT molecular complexity index is 147. The second kappa shape index (κ2) is 4.97. The molecule has 1 fully saturated rings. The number of hydrogen-bond donors (Lipinski definition) is 2. The van der Waals surface area contributed by atoms with Crippen molar-refractivity contribution in [2.45, 2.75) is 52.2 Å². The summed E-state index contributed by atoms with van der Waals surface area (Å²) in [5, 5.41) is 12.6. The molecular weight excluding hydrogens is 162 g/mol. The largest absolute Gasteiger partial charge is 0.392 e. The topological polar surface area (TPSA) is 32.3 Å². The van der Waals surface area contributed by atoms with Gasteiger partial charge < -0.3 is 10.4 Å². The van der Waals surface area contributed by atoms with E-state index in [1.807, 2.05) is 6.92 Å². The average molecular weight is 185 g/mol. The van der Waals surface area contributed by atoms with Gasteiger partial charge in [0.1, 0.15) is 0 Å². The maximum Gasteiger partial charge on any atom is 0.0636 e. The number of aliphatic hydroxyl groups is 1. The molecule has 78 valence electrons. The lowest BCUT2D eigenvalue weighted by Gasteiger charge is -2.32. The molecule has 1 saturated carbocycles. The highest BCUT2D eigenvalue weighted by Crippen LogP contribution is 2.29. The molecule has 0 amide bonds. The fraction of sp³-hybridized carbons (Fsp3) is 1.00. The molecule has 0 radical (unpaired) electrons. The van der Waals surface area contributed by atoms with Crippen molar-refractivity contribution in [2.24, 2.45) is 11.8 Å². The molecule has 0 aromatic carbocycles. The van der Waals surface area contributed by atoms with E-state index in [9.17, 15) is 0 Å². The minimum atomic E-state index is -0.213. The molecule has 0 aliphatic heterocycles. The van der Waals surface area contributed by atoms with Crippen LogP contribution in [0.5, 0.6) is 0 Å². The molecule has 1 rings (SSSR count). The zero-order valence-corrected chi connectivity index (χ0v) is 9.09. The molecule has 0 saturated heterocycles. The lowest BCUT2D eigenvalue weighted by atomic mass is 9.79. The third kappa shape index (κ3) is 3.65. The van der Waals surface area contributed by atoms with E-state index >= 15 is 0 Å². The zero-order valence-electron chi connectivity index (χ0n) is 9.09. The van der Waals surface area contributed by atoms with E-state index in [2.05, 4.69) is 19.2 Å². The van der Waals surface area contributed by atoms with Crippen LogP contribution in [-0.2, 0) is 0 Å². The summed E-state index contributed by atoms with van der Waals surface area (Å²) in [6.07, 6.45) is 3.67. The predicted octanol–water partition coefficient (Wildman–Crippen LogP) is 1.78. The minimum Gasteiger partial charge on any atom is -0.392 e. The summed E-state index contributed by atoms with van der Waals surface area (Å²) in [7, 11) is 0. The molecule has 0 aromatic heterocycles. The third-order valence-electron chi connectivity index (χ3n) is 3.30. The third-order valence-corrected chi connectivity index (χ3v) is 3.30. The van der Waals surface area contributed by atoms with Gasteiger partial charge in [-0.3, -0.25) is 0 Å². The molecule has 13 heavy (non-hydrogen) atoms. The first-order valence-electron chi connectivity index (χ1n) is 5.51. The lowest BCUT2D eigenvalue weighted by Crippen LogP contribution is -2.39. The summed E-state index contributed by atoms with van der Waals surface area (Å²) < 4.78 is 0. The van der Waals surface area contributed by atoms with Gasteiger partial charge in [0.15, 0.2) is 0 Å². The Morgan fingerprint density at radius 1 is 1.31 bits per heavy atom. The fourth-order valence-corrected chi connectivity index (χ4v) is 2.07. The van der Waals surface area contributed by atoms with Crippen LogP contribution in [0, 0.1) is 11.8 Å². The van der Waals surface area contributed by atoms with E-state index in [-0.39, 0.29) is 6.10 Å². The first-order chi connectivity index (χ1) is 6.09.